The molecule has 1 atom stereocenters. The molecule has 0 bridgehead atoms. The Labute approximate surface area is 202 Å². The Kier molecular flexibility index (Phi) is 6.68. The number of carbonyl (C=O) groups is 1. The van der Waals surface area contributed by atoms with E-state index in [1.165, 1.54) is 49.8 Å². The van der Waals surface area contributed by atoms with Gasteiger partial charge in [0.1, 0.15) is 0 Å². The van der Waals surface area contributed by atoms with E-state index in [-0.39, 0.29) is 5.91 Å². The number of carbonyl (C=O) groups excluding carboxylic acids is 1. The molecule has 3 heterocycles. The third kappa shape index (κ3) is 4.61. The van der Waals surface area contributed by atoms with E-state index in [1.807, 2.05) is 48.9 Å². The van der Waals surface area contributed by atoms with Crippen LogP contribution in [-0.2, 0) is 11.2 Å². The van der Waals surface area contributed by atoms with Crippen LogP contribution >= 0.6 is 0 Å². The van der Waals surface area contributed by atoms with Gasteiger partial charge in [-0.25, -0.2) is 9.67 Å². The fourth-order valence-corrected chi connectivity index (χ4v) is 6.04. The molecule has 2 aliphatic rings. The van der Waals surface area contributed by atoms with Crippen LogP contribution in [0.2, 0.25) is 0 Å². The second kappa shape index (κ2) is 9.87. The van der Waals surface area contributed by atoms with Crippen molar-refractivity contribution >= 4 is 16.9 Å². The van der Waals surface area contributed by atoms with Gasteiger partial charge in [-0.1, -0.05) is 31.0 Å². The molecule has 2 fully saturated rings. The number of amides is 1. The second-order valence-electron chi connectivity index (χ2n) is 10.2. The van der Waals surface area contributed by atoms with Gasteiger partial charge in [0.2, 0.25) is 5.91 Å². The van der Waals surface area contributed by atoms with E-state index in [2.05, 4.69) is 17.1 Å². The van der Waals surface area contributed by atoms with E-state index in [0.717, 1.165) is 47.2 Å². The average molecular weight is 460 g/mol. The molecule has 180 valence electrons. The van der Waals surface area contributed by atoms with Crippen LogP contribution in [0.3, 0.4) is 0 Å². The molecule has 3 aromatic rings. The number of hydrogen-bond donors (Lipinski definition) is 1. The van der Waals surface area contributed by atoms with Crippen LogP contribution in [0, 0.1) is 26.7 Å². The highest BCUT2D eigenvalue weighted by Crippen LogP contribution is 2.29. The summed E-state index contributed by atoms with van der Waals surface area (Å²) in [4.78, 5) is 20.3. The van der Waals surface area contributed by atoms with Gasteiger partial charge in [0.25, 0.3) is 0 Å². The summed E-state index contributed by atoms with van der Waals surface area (Å²) >= 11 is 0. The molecule has 1 amide bonds. The van der Waals surface area contributed by atoms with Crippen molar-refractivity contribution in [3.05, 3.63) is 52.8 Å². The molecule has 1 aliphatic carbocycles. The van der Waals surface area contributed by atoms with Crippen LogP contribution in [0.4, 0.5) is 0 Å². The fourth-order valence-electron chi connectivity index (χ4n) is 6.04. The van der Waals surface area contributed by atoms with Gasteiger partial charge in [0.15, 0.2) is 5.65 Å². The number of aromatic nitrogens is 3. The maximum absolute atomic E-state index is 12.7. The molecule has 5 rings (SSSR count). The van der Waals surface area contributed by atoms with Crippen LogP contribution in [0.15, 0.2) is 30.3 Å². The standard InChI is InChI=1S/C28H37N5O/c1-19-25(13-14-26(34)29-17-22-15-16-32(18-22)23-9-7-8-10-23)20(2)30-28-27(19)21(3)31-33(28)24-11-5-4-6-12-24/h4-6,11-12,22-23H,7-10,13-18H2,1-3H3,(H,29,34)/t22-/m1/s1. The minimum atomic E-state index is 0.148. The van der Waals surface area contributed by atoms with Crippen LogP contribution < -0.4 is 5.32 Å². The minimum absolute atomic E-state index is 0.148. The highest BCUT2D eigenvalue weighted by Gasteiger charge is 2.30. The predicted octanol–water partition coefficient (Wildman–Crippen LogP) is 4.66. The zero-order valence-corrected chi connectivity index (χ0v) is 20.8. The summed E-state index contributed by atoms with van der Waals surface area (Å²) in [5, 5.41) is 9.09. The van der Waals surface area contributed by atoms with Crippen molar-refractivity contribution in [2.75, 3.05) is 19.6 Å². The van der Waals surface area contributed by atoms with Crippen molar-refractivity contribution in [2.24, 2.45) is 5.92 Å². The van der Waals surface area contributed by atoms with Gasteiger partial charge in [0, 0.05) is 36.6 Å². The lowest BCUT2D eigenvalue weighted by Crippen LogP contribution is -2.34. The van der Waals surface area contributed by atoms with Gasteiger partial charge < -0.3 is 10.2 Å². The highest BCUT2D eigenvalue weighted by molar-refractivity contribution is 5.85. The van der Waals surface area contributed by atoms with E-state index in [9.17, 15) is 4.79 Å². The maximum atomic E-state index is 12.7. The van der Waals surface area contributed by atoms with E-state index < -0.39 is 0 Å². The van der Waals surface area contributed by atoms with Crippen LogP contribution in [0.1, 0.15) is 61.0 Å². The van der Waals surface area contributed by atoms with Gasteiger partial charge >= 0.3 is 0 Å². The van der Waals surface area contributed by atoms with Crippen molar-refractivity contribution in [3.63, 3.8) is 0 Å². The number of aryl methyl sites for hydroxylation is 3. The summed E-state index contributed by atoms with van der Waals surface area (Å²) in [7, 11) is 0. The summed E-state index contributed by atoms with van der Waals surface area (Å²) in [6, 6.07) is 10.9. The summed E-state index contributed by atoms with van der Waals surface area (Å²) in [5.74, 6) is 0.743. The van der Waals surface area contributed by atoms with E-state index in [4.69, 9.17) is 10.1 Å². The Bertz CT molecular complexity index is 1160. The van der Waals surface area contributed by atoms with Gasteiger partial charge in [-0.2, -0.15) is 5.10 Å². The number of nitrogens with zero attached hydrogens (tertiary/aromatic N) is 4. The summed E-state index contributed by atoms with van der Waals surface area (Å²) in [5.41, 5.74) is 6.22. The molecule has 0 spiro atoms. The number of pyridine rings is 1. The molecule has 1 N–H and O–H groups in total. The normalized spacial score (nSPS) is 19.3. The van der Waals surface area contributed by atoms with E-state index >= 15 is 0 Å². The third-order valence-electron chi connectivity index (χ3n) is 7.92. The lowest BCUT2D eigenvalue weighted by molar-refractivity contribution is -0.121. The topological polar surface area (TPSA) is 63.1 Å². The zero-order chi connectivity index (χ0) is 23.7. The second-order valence-corrected chi connectivity index (χ2v) is 10.2. The smallest absolute Gasteiger partial charge is 0.220 e. The molecule has 1 saturated carbocycles. The zero-order valence-electron chi connectivity index (χ0n) is 20.8. The average Bonchev–Trinajstić information content (AvgIpc) is 3.58. The number of nitrogens with one attached hydrogen (secondary N) is 1. The molecule has 0 unspecified atom stereocenters. The van der Waals surface area contributed by atoms with E-state index in [0.29, 0.717) is 18.8 Å². The summed E-state index contributed by atoms with van der Waals surface area (Å²) in [6.45, 7) is 9.39. The third-order valence-corrected chi connectivity index (χ3v) is 7.92. The largest absolute Gasteiger partial charge is 0.356 e. The Morgan fingerprint density at radius 2 is 1.82 bits per heavy atom. The molecule has 6 nitrogen and oxygen atoms in total. The predicted molar refractivity (Wildman–Crippen MR) is 136 cm³/mol. The molecule has 1 saturated heterocycles. The lowest BCUT2D eigenvalue weighted by atomic mass is 9.99. The van der Waals surface area contributed by atoms with Gasteiger partial charge in [-0.3, -0.25) is 4.79 Å². The van der Waals surface area contributed by atoms with Crippen LogP contribution in [0.25, 0.3) is 16.7 Å². The number of hydrogen-bond acceptors (Lipinski definition) is 4. The summed E-state index contributed by atoms with van der Waals surface area (Å²) < 4.78 is 1.93. The molecule has 34 heavy (non-hydrogen) atoms. The molecule has 1 aromatic carbocycles. The molecule has 6 heteroatoms. The molecular formula is C28H37N5O. The first-order chi connectivity index (χ1) is 16.5. The number of rotatable bonds is 7. The Hall–Kier alpha value is -2.73. The van der Waals surface area contributed by atoms with Gasteiger partial charge in [-0.15, -0.1) is 0 Å². The number of likely N-dealkylation sites (tertiary alicyclic amines) is 1. The minimum Gasteiger partial charge on any atom is -0.356 e. The van der Waals surface area contributed by atoms with Crippen LogP contribution in [-0.4, -0.2) is 51.2 Å². The first-order valence-corrected chi connectivity index (χ1v) is 12.9. The monoisotopic (exact) mass is 459 g/mol. The van der Waals surface area contributed by atoms with Gasteiger partial charge in [0.05, 0.1) is 11.4 Å². The van der Waals surface area contributed by atoms with Crippen molar-refractivity contribution in [1.29, 1.82) is 0 Å². The first-order valence-electron chi connectivity index (χ1n) is 12.9. The summed E-state index contributed by atoms with van der Waals surface area (Å²) in [6.07, 6.45) is 7.91. The first kappa shape index (κ1) is 23.0. The highest BCUT2D eigenvalue weighted by atomic mass is 16.1. The quantitative estimate of drug-likeness (QED) is 0.558. The molecule has 1 aliphatic heterocycles. The van der Waals surface area contributed by atoms with Crippen molar-refractivity contribution in [3.8, 4) is 5.69 Å². The Morgan fingerprint density at radius 3 is 2.59 bits per heavy atom. The Balaban J connectivity index is 1.22. The van der Waals surface area contributed by atoms with Crippen molar-refractivity contribution in [1.82, 2.24) is 25.0 Å². The SMILES string of the molecule is Cc1nc2c(c(C)nn2-c2ccccc2)c(C)c1CCC(=O)NC[C@H]1CCN(C2CCCC2)C1. The maximum Gasteiger partial charge on any atom is 0.220 e. The number of benzene rings is 1. The number of fused-ring (bicyclic) bond motifs is 1. The molecule has 0 radical (unpaired) electrons. The van der Waals surface area contributed by atoms with Crippen molar-refractivity contribution in [2.45, 2.75) is 71.8 Å². The van der Waals surface area contributed by atoms with Gasteiger partial charge in [-0.05, 0) is 82.2 Å². The Morgan fingerprint density at radius 1 is 1.06 bits per heavy atom. The van der Waals surface area contributed by atoms with E-state index in [1.54, 1.807) is 0 Å². The number of para-hydroxylation sites is 1. The lowest BCUT2D eigenvalue weighted by Gasteiger charge is -2.23. The van der Waals surface area contributed by atoms with Crippen LogP contribution in [0.5, 0.6) is 0 Å². The fraction of sp³-hybridized carbons (Fsp3) is 0.536. The van der Waals surface area contributed by atoms with Crippen molar-refractivity contribution < 1.29 is 4.79 Å². The molecular weight excluding hydrogens is 422 g/mol. The molecule has 2 aromatic heterocycles.